The molecule has 1 aliphatic rings. The number of aliphatic hydroxyl groups is 1. The van der Waals surface area contributed by atoms with Gasteiger partial charge in [-0.15, -0.1) is 0 Å². The lowest BCUT2D eigenvalue weighted by Gasteiger charge is -2.29. The lowest BCUT2D eigenvalue weighted by Crippen LogP contribution is -2.41. The van der Waals surface area contributed by atoms with Crippen molar-refractivity contribution in [3.05, 3.63) is 52.2 Å². The zero-order valence-corrected chi connectivity index (χ0v) is 24.3. The Bertz CT molecular complexity index is 1290. The van der Waals surface area contributed by atoms with E-state index in [1.807, 2.05) is 6.92 Å². The van der Waals surface area contributed by atoms with Gasteiger partial charge in [-0.2, -0.15) is 0 Å². The van der Waals surface area contributed by atoms with Gasteiger partial charge in [0.25, 0.3) is 5.91 Å². The average Bonchev–Trinajstić information content (AvgIpc) is 3.27. The molecule has 1 unspecified atom stereocenters. The summed E-state index contributed by atoms with van der Waals surface area (Å²) in [6.45, 7) is 7.63. The van der Waals surface area contributed by atoms with Crippen LogP contribution in [0.2, 0.25) is 0 Å². The molecule has 2 aromatic rings. The van der Waals surface area contributed by atoms with E-state index in [0.717, 1.165) is 11.3 Å². The summed E-state index contributed by atoms with van der Waals surface area (Å²) >= 11 is 0. The van der Waals surface area contributed by atoms with E-state index >= 15 is 0 Å². The summed E-state index contributed by atoms with van der Waals surface area (Å²) in [7, 11) is 2.45. The van der Waals surface area contributed by atoms with Gasteiger partial charge in [0, 0.05) is 29.8 Å². The summed E-state index contributed by atoms with van der Waals surface area (Å²) in [6.07, 6.45) is 1.13. The average molecular weight is 571 g/mol. The molecule has 2 atom stereocenters. The number of fused-ring (bicyclic) bond motifs is 1. The molecule has 1 amide bonds. The predicted octanol–water partition coefficient (Wildman–Crippen LogP) is 2.85. The van der Waals surface area contributed by atoms with Crippen molar-refractivity contribution >= 4 is 36.0 Å². The second-order valence-corrected chi connectivity index (χ2v) is 10.8. The van der Waals surface area contributed by atoms with Gasteiger partial charge >= 0.3 is 17.9 Å². The molecule has 1 aliphatic heterocycles. The number of rotatable bonds is 11. The minimum atomic E-state index is -0.991. The fourth-order valence-corrected chi connectivity index (χ4v) is 4.20. The number of aromatic nitrogens is 1. The molecule has 0 saturated heterocycles. The van der Waals surface area contributed by atoms with Crippen molar-refractivity contribution in [2.45, 2.75) is 65.8 Å². The van der Waals surface area contributed by atoms with Gasteiger partial charge in [0.15, 0.2) is 6.23 Å². The molecule has 1 aromatic carbocycles. The summed E-state index contributed by atoms with van der Waals surface area (Å²) in [6, 6.07) is 5.85. The van der Waals surface area contributed by atoms with Gasteiger partial charge in [-0.1, -0.05) is 12.1 Å². The first kappa shape index (κ1) is 31.3. The van der Waals surface area contributed by atoms with Crippen molar-refractivity contribution < 1.29 is 38.5 Å². The van der Waals surface area contributed by atoms with Crippen molar-refractivity contribution in [2.24, 2.45) is 10.4 Å². The van der Waals surface area contributed by atoms with Crippen LogP contribution in [0.15, 0.2) is 29.3 Å². The number of nitrogens with one attached hydrogen (secondary N) is 2. The molecule has 3 rings (SSSR count). The molecule has 2 heterocycles. The fraction of sp³-hybridized carbons (Fsp3) is 0.483. The van der Waals surface area contributed by atoms with Crippen LogP contribution in [0.5, 0.6) is 0 Å². The summed E-state index contributed by atoms with van der Waals surface area (Å²) in [5, 5.41) is 13.7. The number of aliphatic imine (C=N–C) groups is 1. The topological polar surface area (TPSA) is 160 Å². The molecule has 222 valence electrons. The molecule has 0 saturated carbocycles. The maximum atomic E-state index is 12.7. The first-order valence-electron chi connectivity index (χ1n) is 13.3. The van der Waals surface area contributed by atoms with Gasteiger partial charge < -0.3 is 34.5 Å². The highest BCUT2D eigenvalue weighted by Crippen LogP contribution is 2.36. The lowest BCUT2D eigenvalue weighted by atomic mass is 9.97. The Morgan fingerprint density at radius 2 is 1.80 bits per heavy atom. The Labute approximate surface area is 239 Å². The molecule has 0 bridgehead atoms. The Hall–Kier alpha value is -4.19. The molecule has 12 heteroatoms. The van der Waals surface area contributed by atoms with Crippen LogP contribution in [0.25, 0.3) is 0 Å². The molecular formula is C29H38N4O8. The SMILES string of the molecule is COC(=O)CC[C@@H](NC(=O)c1ccc(CCN2C=Nc3[nH]c(C)c(COC(=O)C(C)(C)C)c3C2O)cc1)C(=O)OC. The monoisotopic (exact) mass is 570 g/mol. The van der Waals surface area contributed by atoms with Crippen LogP contribution < -0.4 is 5.32 Å². The Balaban J connectivity index is 1.61. The van der Waals surface area contributed by atoms with Crippen molar-refractivity contribution in [3.63, 3.8) is 0 Å². The van der Waals surface area contributed by atoms with Gasteiger partial charge in [-0.25, -0.2) is 9.79 Å². The second-order valence-electron chi connectivity index (χ2n) is 10.8. The Morgan fingerprint density at radius 1 is 1.12 bits per heavy atom. The smallest absolute Gasteiger partial charge is 0.328 e. The number of hydrogen-bond acceptors (Lipinski definition) is 10. The van der Waals surface area contributed by atoms with E-state index in [0.29, 0.717) is 35.5 Å². The van der Waals surface area contributed by atoms with Crippen molar-refractivity contribution in [1.82, 2.24) is 15.2 Å². The normalized spacial score (nSPS) is 15.1. The number of methoxy groups -OCH3 is 2. The minimum absolute atomic E-state index is 0.0250. The first-order valence-corrected chi connectivity index (χ1v) is 13.3. The van der Waals surface area contributed by atoms with Gasteiger partial charge in [0.05, 0.1) is 31.5 Å². The van der Waals surface area contributed by atoms with E-state index in [-0.39, 0.29) is 25.4 Å². The van der Waals surface area contributed by atoms with Gasteiger partial charge in [-0.3, -0.25) is 14.4 Å². The molecular weight excluding hydrogens is 532 g/mol. The quantitative estimate of drug-likeness (QED) is 0.273. The molecule has 0 aliphatic carbocycles. The van der Waals surface area contributed by atoms with E-state index in [2.05, 4.69) is 20.0 Å². The van der Waals surface area contributed by atoms with Crippen LogP contribution in [-0.2, 0) is 41.6 Å². The summed E-state index contributed by atoms with van der Waals surface area (Å²) < 4.78 is 14.8. The third-order valence-electron chi connectivity index (χ3n) is 6.74. The van der Waals surface area contributed by atoms with Crippen molar-refractivity contribution in [3.8, 4) is 0 Å². The van der Waals surface area contributed by atoms with Gasteiger partial charge in [0.1, 0.15) is 18.5 Å². The standard InChI is InChI=1S/C29H38N4O8/c1-17-20(15-41-28(38)29(2,3)4)23-24(31-17)30-16-33(26(23)36)14-13-18-7-9-19(10-8-18)25(35)32-21(27(37)40-6)11-12-22(34)39-5/h7-10,16,21,26,31,36H,11-15H2,1-6H3,(H,32,35)/t21-,26?/m1/s1. The summed E-state index contributed by atoms with van der Waals surface area (Å²) in [5.74, 6) is -1.44. The van der Waals surface area contributed by atoms with Crippen LogP contribution in [0.1, 0.15) is 72.6 Å². The molecule has 0 fully saturated rings. The summed E-state index contributed by atoms with van der Waals surface area (Å²) in [5.41, 5.74) is 2.64. The molecule has 0 spiro atoms. The van der Waals surface area contributed by atoms with Crippen molar-refractivity contribution in [2.75, 3.05) is 20.8 Å². The fourth-order valence-electron chi connectivity index (χ4n) is 4.20. The number of carbonyl (C=O) groups excluding carboxylic acids is 4. The molecule has 41 heavy (non-hydrogen) atoms. The van der Waals surface area contributed by atoms with E-state index in [1.54, 1.807) is 56.3 Å². The van der Waals surface area contributed by atoms with Crippen LogP contribution in [0.4, 0.5) is 5.82 Å². The maximum absolute atomic E-state index is 12.7. The predicted molar refractivity (Wildman–Crippen MR) is 149 cm³/mol. The van der Waals surface area contributed by atoms with Crippen molar-refractivity contribution in [1.29, 1.82) is 0 Å². The number of ether oxygens (including phenoxy) is 3. The first-order chi connectivity index (χ1) is 19.3. The molecule has 0 radical (unpaired) electrons. The van der Waals surface area contributed by atoms with Crippen LogP contribution in [0, 0.1) is 12.3 Å². The van der Waals surface area contributed by atoms with Gasteiger partial charge in [0.2, 0.25) is 0 Å². The largest absolute Gasteiger partial charge is 0.469 e. The number of esters is 3. The van der Waals surface area contributed by atoms with Crippen LogP contribution in [-0.4, -0.2) is 72.0 Å². The number of carbonyl (C=O) groups is 4. The van der Waals surface area contributed by atoms with E-state index < -0.39 is 35.5 Å². The zero-order valence-electron chi connectivity index (χ0n) is 24.3. The third kappa shape index (κ3) is 7.94. The van der Waals surface area contributed by atoms with E-state index in [1.165, 1.54) is 14.2 Å². The summed E-state index contributed by atoms with van der Waals surface area (Å²) in [4.78, 5) is 57.8. The number of aryl methyl sites for hydroxylation is 1. The number of aliphatic hydroxyl groups excluding tert-OH is 1. The lowest BCUT2D eigenvalue weighted by molar-refractivity contribution is -0.154. The molecule has 1 aromatic heterocycles. The minimum Gasteiger partial charge on any atom is -0.469 e. The highest BCUT2D eigenvalue weighted by atomic mass is 16.5. The van der Waals surface area contributed by atoms with Gasteiger partial charge in [-0.05, 0) is 58.2 Å². The number of aromatic amines is 1. The molecule has 12 nitrogen and oxygen atoms in total. The number of H-pyrrole nitrogens is 1. The highest BCUT2D eigenvalue weighted by molar-refractivity contribution is 5.96. The number of hydrogen-bond donors (Lipinski definition) is 3. The van der Waals surface area contributed by atoms with Crippen LogP contribution >= 0.6 is 0 Å². The zero-order chi connectivity index (χ0) is 30.3. The highest BCUT2D eigenvalue weighted by Gasteiger charge is 2.30. The van der Waals surface area contributed by atoms with Crippen LogP contribution in [0.3, 0.4) is 0 Å². The third-order valence-corrected chi connectivity index (χ3v) is 6.74. The second kappa shape index (κ2) is 13.4. The Kier molecular flexibility index (Phi) is 10.3. The number of benzene rings is 1. The van der Waals surface area contributed by atoms with E-state index in [4.69, 9.17) is 9.47 Å². The maximum Gasteiger partial charge on any atom is 0.328 e. The molecule has 3 N–H and O–H groups in total. The Morgan fingerprint density at radius 3 is 2.41 bits per heavy atom. The van der Waals surface area contributed by atoms with E-state index in [9.17, 15) is 24.3 Å². The number of amides is 1. The number of nitrogens with zero attached hydrogens (tertiary/aromatic N) is 2.